The Bertz CT molecular complexity index is 178. The zero-order valence-electron chi connectivity index (χ0n) is 10.0. The Morgan fingerprint density at radius 3 is 2.60 bits per heavy atom. The standard InChI is InChI=1S/C12H25N3/c1-2-14-8-3-9-15(11-10-14)12-4-6-13-7-5-12/h12-13H,2-11H2,1H3. The fourth-order valence-electron chi connectivity index (χ4n) is 2.84. The van der Waals surface area contributed by atoms with Gasteiger partial charge in [0.05, 0.1) is 0 Å². The monoisotopic (exact) mass is 211 g/mol. The molecule has 0 amide bonds. The van der Waals surface area contributed by atoms with Crippen molar-refractivity contribution in [2.75, 3.05) is 45.8 Å². The van der Waals surface area contributed by atoms with E-state index < -0.39 is 0 Å². The average molecular weight is 211 g/mol. The van der Waals surface area contributed by atoms with Crippen LogP contribution in [0.1, 0.15) is 26.2 Å². The fraction of sp³-hybridized carbons (Fsp3) is 1.00. The van der Waals surface area contributed by atoms with E-state index in [0.29, 0.717) is 0 Å². The van der Waals surface area contributed by atoms with E-state index in [4.69, 9.17) is 0 Å². The molecule has 2 aliphatic heterocycles. The molecule has 2 heterocycles. The molecule has 2 aliphatic rings. The molecule has 0 aliphatic carbocycles. The van der Waals surface area contributed by atoms with E-state index in [-0.39, 0.29) is 0 Å². The van der Waals surface area contributed by atoms with E-state index in [1.807, 2.05) is 0 Å². The first-order valence-electron chi connectivity index (χ1n) is 6.57. The SMILES string of the molecule is CCN1CCCN(C2CCNCC2)CC1. The Labute approximate surface area is 93.8 Å². The maximum atomic E-state index is 3.45. The summed E-state index contributed by atoms with van der Waals surface area (Å²) in [7, 11) is 0. The molecule has 0 unspecified atom stereocenters. The largest absolute Gasteiger partial charge is 0.317 e. The van der Waals surface area contributed by atoms with Gasteiger partial charge in [-0.15, -0.1) is 0 Å². The molecule has 2 saturated heterocycles. The molecular formula is C12H25N3. The van der Waals surface area contributed by atoms with E-state index >= 15 is 0 Å². The summed E-state index contributed by atoms with van der Waals surface area (Å²) in [6, 6.07) is 0.864. The van der Waals surface area contributed by atoms with Crippen LogP contribution in [-0.2, 0) is 0 Å². The van der Waals surface area contributed by atoms with Crippen molar-refractivity contribution in [3.05, 3.63) is 0 Å². The summed E-state index contributed by atoms with van der Waals surface area (Å²) in [5, 5.41) is 3.45. The van der Waals surface area contributed by atoms with Crippen LogP contribution >= 0.6 is 0 Å². The van der Waals surface area contributed by atoms with Gasteiger partial charge in [-0.05, 0) is 52.0 Å². The Balaban J connectivity index is 1.81. The van der Waals surface area contributed by atoms with Crippen molar-refractivity contribution in [3.63, 3.8) is 0 Å². The molecule has 3 nitrogen and oxygen atoms in total. The maximum Gasteiger partial charge on any atom is 0.0120 e. The normalized spacial score (nSPS) is 27.8. The minimum atomic E-state index is 0.864. The van der Waals surface area contributed by atoms with Gasteiger partial charge in [-0.1, -0.05) is 6.92 Å². The molecule has 0 radical (unpaired) electrons. The highest BCUT2D eigenvalue weighted by atomic mass is 15.2. The molecule has 0 spiro atoms. The fourth-order valence-corrected chi connectivity index (χ4v) is 2.84. The first-order chi connectivity index (χ1) is 7.40. The second-order valence-corrected chi connectivity index (χ2v) is 4.80. The van der Waals surface area contributed by atoms with Crippen LogP contribution in [0, 0.1) is 0 Å². The topological polar surface area (TPSA) is 18.5 Å². The first kappa shape index (κ1) is 11.4. The third kappa shape index (κ3) is 3.16. The van der Waals surface area contributed by atoms with Gasteiger partial charge in [0, 0.05) is 19.1 Å². The van der Waals surface area contributed by atoms with Crippen LogP contribution in [0.25, 0.3) is 0 Å². The molecule has 0 bridgehead atoms. The van der Waals surface area contributed by atoms with Crippen LogP contribution in [0.4, 0.5) is 0 Å². The van der Waals surface area contributed by atoms with Crippen LogP contribution in [0.5, 0.6) is 0 Å². The van der Waals surface area contributed by atoms with Gasteiger partial charge in [-0.2, -0.15) is 0 Å². The van der Waals surface area contributed by atoms with Crippen molar-refractivity contribution >= 4 is 0 Å². The smallest absolute Gasteiger partial charge is 0.0120 e. The molecule has 0 aromatic heterocycles. The van der Waals surface area contributed by atoms with E-state index in [0.717, 1.165) is 6.04 Å². The van der Waals surface area contributed by atoms with Crippen LogP contribution < -0.4 is 5.32 Å². The lowest BCUT2D eigenvalue weighted by molar-refractivity contribution is 0.166. The zero-order valence-corrected chi connectivity index (χ0v) is 10.0. The Hall–Kier alpha value is -0.120. The van der Waals surface area contributed by atoms with Gasteiger partial charge in [-0.3, -0.25) is 4.90 Å². The third-order valence-corrected chi connectivity index (χ3v) is 3.90. The molecule has 0 atom stereocenters. The lowest BCUT2D eigenvalue weighted by Crippen LogP contribution is -2.44. The molecule has 0 aromatic rings. The predicted octanol–water partition coefficient (Wildman–Crippen LogP) is 0.766. The predicted molar refractivity (Wildman–Crippen MR) is 64.2 cm³/mol. The molecule has 1 N–H and O–H groups in total. The van der Waals surface area contributed by atoms with Gasteiger partial charge in [0.15, 0.2) is 0 Å². The van der Waals surface area contributed by atoms with Crippen LogP contribution in [0.3, 0.4) is 0 Å². The van der Waals surface area contributed by atoms with Gasteiger partial charge in [-0.25, -0.2) is 0 Å². The Kier molecular flexibility index (Phi) is 4.42. The van der Waals surface area contributed by atoms with Gasteiger partial charge in [0.1, 0.15) is 0 Å². The lowest BCUT2D eigenvalue weighted by Gasteiger charge is -2.33. The molecular weight excluding hydrogens is 186 g/mol. The van der Waals surface area contributed by atoms with E-state index in [9.17, 15) is 0 Å². The number of hydrogen-bond donors (Lipinski definition) is 1. The molecule has 15 heavy (non-hydrogen) atoms. The summed E-state index contributed by atoms with van der Waals surface area (Å²) in [6.07, 6.45) is 4.07. The number of nitrogens with one attached hydrogen (secondary N) is 1. The molecule has 2 fully saturated rings. The number of nitrogens with zero attached hydrogens (tertiary/aromatic N) is 2. The summed E-state index contributed by atoms with van der Waals surface area (Å²) in [4.78, 5) is 5.32. The summed E-state index contributed by atoms with van der Waals surface area (Å²) < 4.78 is 0. The zero-order chi connectivity index (χ0) is 10.5. The minimum absolute atomic E-state index is 0.864. The summed E-state index contributed by atoms with van der Waals surface area (Å²) >= 11 is 0. The Morgan fingerprint density at radius 1 is 1.07 bits per heavy atom. The van der Waals surface area contributed by atoms with Crippen LogP contribution in [0.15, 0.2) is 0 Å². The van der Waals surface area contributed by atoms with E-state index in [1.54, 1.807) is 0 Å². The maximum absolute atomic E-state index is 3.45. The van der Waals surface area contributed by atoms with Gasteiger partial charge in [0.2, 0.25) is 0 Å². The van der Waals surface area contributed by atoms with Gasteiger partial charge < -0.3 is 10.2 Å². The number of likely N-dealkylation sites (N-methyl/N-ethyl adjacent to an activating group) is 1. The molecule has 2 rings (SSSR count). The van der Waals surface area contributed by atoms with Crippen molar-refractivity contribution < 1.29 is 0 Å². The van der Waals surface area contributed by atoms with Crippen LogP contribution in [0.2, 0.25) is 0 Å². The number of piperidine rings is 1. The summed E-state index contributed by atoms with van der Waals surface area (Å²) in [6.45, 7) is 11.1. The van der Waals surface area contributed by atoms with Crippen molar-refractivity contribution in [3.8, 4) is 0 Å². The molecule has 88 valence electrons. The van der Waals surface area contributed by atoms with Gasteiger partial charge in [0.25, 0.3) is 0 Å². The van der Waals surface area contributed by atoms with Crippen LogP contribution in [-0.4, -0.2) is 61.7 Å². The molecule has 3 heteroatoms. The highest BCUT2D eigenvalue weighted by molar-refractivity contribution is 4.80. The van der Waals surface area contributed by atoms with Gasteiger partial charge >= 0.3 is 0 Å². The Morgan fingerprint density at radius 2 is 1.87 bits per heavy atom. The van der Waals surface area contributed by atoms with Crippen molar-refractivity contribution in [1.82, 2.24) is 15.1 Å². The average Bonchev–Trinajstić information content (AvgIpc) is 2.55. The molecule has 0 aromatic carbocycles. The lowest BCUT2D eigenvalue weighted by atomic mass is 10.0. The van der Waals surface area contributed by atoms with E-state index in [1.165, 1.54) is 65.1 Å². The van der Waals surface area contributed by atoms with Crippen molar-refractivity contribution in [2.45, 2.75) is 32.2 Å². The highest BCUT2D eigenvalue weighted by Gasteiger charge is 2.22. The second kappa shape index (κ2) is 5.83. The quantitative estimate of drug-likeness (QED) is 0.728. The second-order valence-electron chi connectivity index (χ2n) is 4.80. The van der Waals surface area contributed by atoms with E-state index in [2.05, 4.69) is 22.0 Å². The van der Waals surface area contributed by atoms with Crippen molar-refractivity contribution in [2.24, 2.45) is 0 Å². The summed E-state index contributed by atoms with van der Waals surface area (Å²) in [5.74, 6) is 0. The first-order valence-corrected chi connectivity index (χ1v) is 6.57. The van der Waals surface area contributed by atoms with Crippen molar-refractivity contribution in [1.29, 1.82) is 0 Å². The molecule has 0 saturated carbocycles. The highest BCUT2D eigenvalue weighted by Crippen LogP contribution is 2.14. The third-order valence-electron chi connectivity index (χ3n) is 3.90. The number of hydrogen-bond acceptors (Lipinski definition) is 3. The summed E-state index contributed by atoms with van der Waals surface area (Å²) in [5.41, 5.74) is 0. The minimum Gasteiger partial charge on any atom is -0.317 e. The number of rotatable bonds is 2.